The summed E-state index contributed by atoms with van der Waals surface area (Å²) in [5.41, 5.74) is 7.01. The molecule has 0 spiro atoms. The molecular weight excluding hydrogens is 207 g/mol. The van der Waals surface area contributed by atoms with Crippen LogP contribution in [-0.2, 0) is 0 Å². The molecule has 3 N–H and O–H groups in total. The fourth-order valence-corrected chi connectivity index (χ4v) is 1.29. The minimum Gasteiger partial charge on any atom is -0.383 e. The monoisotopic (exact) mass is 218 g/mol. The van der Waals surface area contributed by atoms with Crippen molar-refractivity contribution in [2.45, 2.75) is 6.92 Å². The van der Waals surface area contributed by atoms with E-state index in [1.54, 1.807) is 19.1 Å². The number of halogens is 1. The van der Waals surface area contributed by atoms with Crippen molar-refractivity contribution in [3.63, 3.8) is 0 Å². The molecule has 0 fully saturated rings. The first-order valence-electron chi connectivity index (χ1n) is 4.76. The first-order valence-corrected chi connectivity index (χ1v) is 4.76. The van der Waals surface area contributed by atoms with Crippen LogP contribution in [0.25, 0.3) is 0 Å². The molecule has 1 aromatic heterocycles. The molecule has 2 aromatic rings. The van der Waals surface area contributed by atoms with Gasteiger partial charge in [-0.1, -0.05) is 6.07 Å². The van der Waals surface area contributed by atoms with Gasteiger partial charge in [0.1, 0.15) is 23.8 Å². The summed E-state index contributed by atoms with van der Waals surface area (Å²) in [4.78, 5) is 7.89. The van der Waals surface area contributed by atoms with E-state index in [-0.39, 0.29) is 5.82 Å². The number of nitrogen functional groups attached to an aromatic ring is 1. The lowest BCUT2D eigenvalue weighted by atomic mass is 10.2. The second-order valence-electron chi connectivity index (χ2n) is 3.37. The number of hydrogen-bond acceptors (Lipinski definition) is 4. The van der Waals surface area contributed by atoms with E-state index in [4.69, 9.17) is 5.73 Å². The van der Waals surface area contributed by atoms with Crippen LogP contribution in [0.5, 0.6) is 0 Å². The van der Waals surface area contributed by atoms with E-state index in [0.717, 1.165) is 5.56 Å². The lowest BCUT2D eigenvalue weighted by Gasteiger charge is -2.08. The Hall–Kier alpha value is -2.17. The van der Waals surface area contributed by atoms with Crippen molar-refractivity contribution in [1.82, 2.24) is 9.97 Å². The van der Waals surface area contributed by atoms with Gasteiger partial charge in [-0.05, 0) is 25.1 Å². The molecule has 0 radical (unpaired) electrons. The normalized spacial score (nSPS) is 10.1. The summed E-state index contributed by atoms with van der Waals surface area (Å²) >= 11 is 0. The maximum Gasteiger partial charge on any atom is 0.138 e. The van der Waals surface area contributed by atoms with Gasteiger partial charge in [-0.2, -0.15) is 0 Å². The Kier molecular flexibility index (Phi) is 2.68. The SMILES string of the molecule is Cc1c(N)ncnc1Nc1cccc(F)c1. The highest BCUT2D eigenvalue weighted by Crippen LogP contribution is 2.20. The highest BCUT2D eigenvalue weighted by atomic mass is 19.1. The third-order valence-electron chi connectivity index (χ3n) is 2.21. The molecule has 1 heterocycles. The number of hydrogen-bond donors (Lipinski definition) is 2. The van der Waals surface area contributed by atoms with E-state index in [1.807, 2.05) is 0 Å². The maximum absolute atomic E-state index is 13.0. The standard InChI is InChI=1S/C11H11FN4/c1-7-10(13)14-6-15-11(7)16-9-4-2-3-8(12)5-9/h2-6H,1H3,(H3,13,14,15,16). The third-order valence-corrected chi connectivity index (χ3v) is 2.21. The third kappa shape index (κ3) is 2.08. The van der Waals surface area contributed by atoms with Crippen LogP contribution in [-0.4, -0.2) is 9.97 Å². The Balaban J connectivity index is 2.31. The van der Waals surface area contributed by atoms with Crippen LogP contribution in [0.2, 0.25) is 0 Å². The van der Waals surface area contributed by atoms with Gasteiger partial charge in [-0.25, -0.2) is 14.4 Å². The minimum absolute atomic E-state index is 0.301. The van der Waals surface area contributed by atoms with Gasteiger partial charge in [0.15, 0.2) is 0 Å². The first-order chi connectivity index (χ1) is 7.66. The number of benzene rings is 1. The van der Waals surface area contributed by atoms with E-state index in [0.29, 0.717) is 17.3 Å². The van der Waals surface area contributed by atoms with Gasteiger partial charge in [-0.3, -0.25) is 0 Å². The summed E-state index contributed by atoms with van der Waals surface area (Å²) in [6.45, 7) is 1.80. The Morgan fingerprint density at radius 2 is 2.12 bits per heavy atom. The number of nitrogens with one attached hydrogen (secondary N) is 1. The molecule has 0 amide bonds. The second kappa shape index (κ2) is 4.14. The summed E-state index contributed by atoms with van der Waals surface area (Å²) in [6, 6.07) is 6.14. The number of rotatable bonds is 2. The quantitative estimate of drug-likeness (QED) is 0.811. The number of nitrogens with zero attached hydrogens (tertiary/aromatic N) is 2. The fraction of sp³-hybridized carbons (Fsp3) is 0.0909. The van der Waals surface area contributed by atoms with Crippen molar-refractivity contribution in [2.24, 2.45) is 0 Å². The first kappa shape index (κ1) is 10.4. The van der Waals surface area contributed by atoms with Gasteiger partial charge in [0.25, 0.3) is 0 Å². The molecule has 4 nitrogen and oxygen atoms in total. The Morgan fingerprint density at radius 1 is 1.31 bits per heavy atom. The van der Waals surface area contributed by atoms with Gasteiger partial charge < -0.3 is 11.1 Å². The van der Waals surface area contributed by atoms with Crippen LogP contribution >= 0.6 is 0 Å². The van der Waals surface area contributed by atoms with Gasteiger partial charge in [0.05, 0.1) is 0 Å². The lowest BCUT2D eigenvalue weighted by Crippen LogP contribution is -2.02. The van der Waals surface area contributed by atoms with E-state index in [2.05, 4.69) is 15.3 Å². The topological polar surface area (TPSA) is 63.8 Å². The predicted octanol–water partition coefficient (Wildman–Crippen LogP) is 2.25. The van der Waals surface area contributed by atoms with Crippen molar-refractivity contribution >= 4 is 17.3 Å². The highest BCUT2D eigenvalue weighted by molar-refractivity contribution is 5.62. The van der Waals surface area contributed by atoms with E-state index in [9.17, 15) is 4.39 Å². The summed E-state index contributed by atoms with van der Waals surface area (Å²) in [7, 11) is 0. The summed E-state index contributed by atoms with van der Waals surface area (Å²) in [5, 5.41) is 2.98. The number of nitrogens with two attached hydrogens (primary N) is 1. The van der Waals surface area contributed by atoms with Crippen molar-refractivity contribution in [1.29, 1.82) is 0 Å². The number of aromatic nitrogens is 2. The summed E-state index contributed by atoms with van der Waals surface area (Å²) in [6.07, 6.45) is 1.37. The highest BCUT2D eigenvalue weighted by Gasteiger charge is 2.04. The van der Waals surface area contributed by atoms with Crippen LogP contribution in [0.15, 0.2) is 30.6 Å². The Morgan fingerprint density at radius 3 is 2.88 bits per heavy atom. The van der Waals surface area contributed by atoms with E-state index < -0.39 is 0 Å². The van der Waals surface area contributed by atoms with Crippen molar-refractivity contribution in [3.8, 4) is 0 Å². The van der Waals surface area contributed by atoms with Gasteiger partial charge in [0.2, 0.25) is 0 Å². The Labute approximate surface area is 92.3 Å². The smallest absolute Gasteiger partial charge is 0.138 e. The maximum atomic E-state index is 13.0. The molecule has 1 aromatic carbocycles. The second-order valence-corrected chi connectivity index (χ2v) is 3.37. The molecule has 0 aliphatic rings. The average molecular weight is 218 g/mol. The zero-order valence-corrected chi connectivity index (χ0v) is 8.74. The van der Waals surface area contributed by atoms with Crippen LogP contribution in [0, 0.1) is 12.7 Å². The lowest BCUT2D eigenvalue weighted by molar-refractivity contribution is 0.628. The zero-order chi connectivity index (χ0) is 11.5. The molecule has 0 atom stereocenters. The zero-order valence-electron chi connectivity index (χ0n) is 8.74. The van der Waals surface area contributed by atoms with Gasteiger partial charge >= 0.3 is 0 Å². The number of anilines is 3. The summed E-state index contributed by atoms with van der Waals surface area (Å²) in [5.74, 6) is 0.691. The van der Waals surface area contributed by atoms with Crippen molar-refractivity contribution < 1.29 is 4.39 Å². The van der Waals surface area contributed by atoms with Crippen LogP contribution in [0.1, 0.15) is 5.56 Å². The summed E-state index contributed by atoms with van der Waals surface area (Å²) < 4.78 is 13.0. The molecule has 0 bridgehead atoms. The van der Waals surface area contributed by atoms with Crippen molar-refractivity contribution in [2.75, 3.05) is 11.1 Å². The van der Waals surface area contributed by atoms with E-state index in [1.165, 1.54) is 18.5 Å². The van der Waals surface area contributed by atoms with Crippen LogP contribution in [0.3, 0.4) is 0 Å². The van der Waals surface area contributed by atoms with Gasteiger partial charge in [-0.15, -0.1) is 0 Å². The molecule has 0 saturated heterocycles. The van der Waals surface area contributed by atoms with Gasteiger partial charge in [0, 0.05) is 11.3 Å². The molecule has 2 rings (SSSR count). The molecule has 5 heteroatoms. The molecule has 0 aliphatic heterocycles. The molecule has 0 saturated carbocycles. The van der Waals surface area contributed by atoms with Crippen LogP contribution in [0.4, 0.5) is 21.7 Å². The fourth-order valence-electron chi connectivity index (χ4n) is 1.29. The molecule has 0 aliphatic carbocycles. The molecular formula is C11H11FN4. The molecule has 82 valence electrons. The predicted molar refractivity (Wildman–Crippen MR) is 60.9 cm³/mol. The Bertz CT molecular complexity index is 513. The minimum atomic E-state index is -0.301. The van der Waals surface area contributed by atoms with E-state index >= 15 is 0 Å². The van der Waals surface area contributed by atoms with Crippen LogP contribution < -0.4 is 11.1 Å². The molecule has 0 unspecified atom stereocenters. The average Bonchev–Trinajstić information content (AvgIpc) is 2.25. The van der Waals surface area contributed by atoms with Crippen molar-refractivity contribution in [3.05, 3.63) is 42.0 Å². The molecule has 16 heavy (non-hydrogen) atoms. The largest absolute Gasteiger partial charge is 0.383 e.